The minimum Gasteiger partial charge on any atom is -0.392 e. The van der Waals surface area contributed by atoms with E-state index in [9.17, 15) is 9.90 Å². The zero-order valence-electron chi connectivity index (χ0n) is 17.8. The van der Waals surface area contributed by atoms with E-state index in [0.717, 1.165) is 39.1 Å². The smallest absolute Gasteiger partial charge is 0.248 e. The third-order valence-electron chi connectivity index (χ3n) is 6.02. The molecule has 1 unspecified atom stereocenters. The highest BCUT2D eigenvalue weighted by Crippen LogP contribution is 2.26. The van der Waals surface area contributed by atoms with Gasteiger partial charge >= 0.3 is 0 Å². The van der Waals surface area contributed by atoms with Gasteiger partial charge in [-0.1, -0.05) is 48.5 Å². The summed E-state index contributed by atoms with van der Waals surface area (Å²) in [5, 5.41) is 13.2. The number of aliphatic hydroxyl groups excluding tert-OH is 1. The minimum absolute atomic E-state index is 0.139. The molecule has 2 fully saturated rings. The van der Waals surface area contributed by atoms with Gasteiger partial charge in [0, 0.05) is 43.8 Å². The first-order chi connectivity index (χ1) is 14.5. The standard InChI is InChI=1S/C17H27N3O.C7H7NO/c1-19(15-7-9-18-11-15)17(14-5-3-2-4-6-14)13-20-10-8-16(21)12-20;8-7(9)6-4-2-1-3-5-6/h2-6,15-18,21H,7-13H2,1H3;1-5H,(H2,8,9)/t15?,16-,17+;/m0./s1. The summed E-state index contributed by atoms with van der Waals surface area (Å²) >= 11 is 0. The van der Waals surface area contributed by atoms with Crippen molar-refractivity contribution in [3.05, 3.63) is 71.8 Å². The van der Waals surface area contributed by atoms with E-state index in [1.807, 2.05) is 6.07 Å². The molecule has 0 aliphatic carbocycles. The molecule has 4 rings (SSSR count). The third kappa shape index (κ3) is 6.37. The second-order valence-electron chi connectivity index (χ2n) is 8.17. The van der Waals surface area contributed by atoms with Crippen LogP contribution in [-0.2, 0) is 0 Å². The van der Waals surface area contributed by atoms with E-state index in [1.165, 1.54) is 12.0 Å². The molecule has 2 aromatic carbocycles. The number of carbonyl (C=O) groups excluding carboxylic acids is 1. The van der Waals surface area contributed by atoms with Crippen LogP contribution in [0.25, 0.3) is 0 Å². The van der Waals surface area contributed by atoms with Crippen LogP contribution in [0, 0.1) is 0 Å². The molecule has 2 aliphatic rings. The molecule has 0 bridgehead atoms. The van der Waals surface area contributed by atoms with Crippen molar-refractivity contribution in [2.45, 2.75) is 31.0 Å². The van der Waals surface area contributed by atoms with Crippen molar-refractivity contribution in [2.75, 3.05) is 39.8 Å². The molecule has 162 valence electrons. The first-order valence-corrected chi connectivity index (χ1v) is 10.8. The largest absolute Gasteiger partial charge is 0.392 e. The number of likely N-dealkylation sites (tertiary alicyclic amines) is 1. The van der Waals surface area contributed by atoms with Crippen molar-refractivity contribution in [1.29, 1.82) is 0 Å². The lowest BCUT2D eigenvalue weighted by atomic mass is 10.0. The molecule has 6 nitrogen and oxygen atoms in total. The number of benzene rings is 2. The number of primary amides is 1. The maximum absolute atomic E-state index is 10.4. The highest BCUT2D eigenvalue weighted by Gasteiger charge is 2.30. The fourth-order valence-corrected chi connectivity index (χ4v) is 4.21. The van der Waals surface area contributed by atoms with Crippen molar-refractivity contribution >= 4 is 5.91 Å². The van der Waals surface area contributed by atoms with Gasteiger partial charge in [-0.2, -0.15) is 0 Å². The Kier molecular flexibility index (Phi) is 8.39. The van der Waals surface area contributed by atoms with Gasteiger partial charge in [-0.05, 0) is 44.1 Å². The number of amides is 1. The molecule has 2 aliphatic heterocycles. The number of carbonyl (C=O) groups is 1. The average Bonchev–Trinajstić information content (AvgIpc) is 3.45. The summed E-state index contributed by atoms with van der Waals surface area (Å²) in [7, 11) is 2.25. The van der Waals surface area contributed by atoms with Gasteiger partial charge in [0.05, 0.1) is 6.10 Å². The summed E-state index contributed by atoms with van der Waals surface area (Å²) < 4.78 is 0. The molecule has 0 radical (unpaired) electrons. The molecule has 1 amide bonds. The Hall–Kier alpha value is -2.25. The zero-order chi connectivity index (χ0) is 21.3. The number of hydrogen-bond acceptors (Lipinski definition) is 5. The maximum atomic E-state index is 10.4. The van der Waals surface area contributed by atoms with Crippen LogP contribution in [-0.4, -0.2) is 72.7 Å². The van der Waals surface area contributed by atoms with Crippen LogP contribution < -0.4 is 11.1 Å². The number of nitrogens with two attached hydrogens (primary N) is 1. The van der Waals surface area contributed by atoms with Gasteiger partial charge in [0.15, 0.2) is 0 Å². The summed E-state index contributed by atoms with van der Waals surface area (Å²) in [6.07, 6.45) is 2.00. The maximum Gasteiger partial charge on any atom is 0.248 e. The van der Waals surface area contributed by atoms with E-state index >= 15 is 0 Å². The Morgan fingerprint density at radius 1 is 1.17 bits per heavy atom. The number of likely N-dealkylation sites (N-methyl/N-ethyl adjacent to an activating group) is 1. The Labute approximate surface area is 179 Å². The SMILES string of the molecule is CN(C1CCNC1)[C@H](CN1CC[C@H](O)C1)c1ccccc1.NC(=O)c1ccccc1. The third-order valence-corrected chi connectivity index (χ3v) is 6.02. The Morgan fingerprint density at radius 3 is 2.33 bits per heavy atom. The zero-order valence-corrected chi connectivity index (χ0v) is 17.8. The van der Waals surface area contributed by atoms with Gasteiger partial charge in [-0.15, -0.1) is 0 Å². The number of rotatable bonds is 6. The molecule has 6 heteroatoms. The fourth-order valence-electron chi connectivity index (χ4n) is 4.21. The van der Waals surface area contributed by atoms with Crippen LogP contribution in [0.4, 0.5) is 0 Å². The van der Waals surface area contributed by atoms with Gasteiger partial charge in [-0.3, -0.25) is 14.6 Å². The second kappa shape index (κ2) is 11.2. The summed E-state index contributed by atoms with van der Waals surface area (Å²) in [4.78, 5) is 15.4. The van der Waals surface area contributed by atoms with E-state index in [4.69, 9.17) is 5.73 Å². The molecule has 2 heterocycles. The average molecular weight is 411 g/mol. The second-order valence-corrected chi connectivity index (χ2v) is 8.17. The van der Waals surface area contributed by atoms with Gasteiger partial charge in [-0.25, -0.2) is 0 Å². The number of nitrogens with one attached hydrogen (secondary N) is 1. The molecule has 0 spiro atoms. The van der Waals surface area contributed by atoms with Crippen LogP contribution in [0.2, 0.25) is 0 Å². The molecular formula is C24H34N4O2. The molecular weight excluding hydrogens is 376 g/mol. The van der Waals surface area contributed by atoms with Crippen LogP contribution in [0.5, 0.6) is 0 Å². The van der Waals surface area contributed by atoms with Crippen LogP contribution in [0.15, 0.2) is 60.7 Å². The first kappa shape index (κ1) is 22.4. The van der Waals surface area contributed by atoms with Crippen LogP contribution in [0.1, 0.15) is 34.8 Å². The van der Waals surface area contributed by atoms with E-state index in [2.05, 4.69) is 52.5 Å². The van der Waals surface area contributed by atoms with Gasteiger partial charge < -0.3 is 16.2 Å². The van der Waals surface area contributed by atoms with Crippen LogP contribution in [0.3, 0.4) is 0 Å². The molecule has 30 heavy (non-hydrogen) atoms. The minimum atomic E-state index is -0.379. The van der Waals surface area contributed by atoms with Gasteiger partial charge in [0.1, 0.15) is 0 Å². The summed E-state index contributed by atoms with van der Waals surface area (Å²) in [5.41, 5.74) is 6.91. The molecule has 3 atom stereocenters. The number of nitrogens with zero attached hydrogens (tertiary/aromatic N) is 2. The highest BCUT2D eigenvalue weighted by atomic mass is 16.3. The fraction of sp³-hybridized carbons (Fsp3) is 0.458. The predicted molar refractivity (Wildman–Crippen MR) is 120 cm³/mol. The van der Waals surface area contributed by atoms with Crippen molar-refractivity contribution in [3.8, 4) is 0 Å². The Morgan fingerprint density at radius 2 is 1.83 bits per heavy atom. The van der Waals surface area contributed by atoms with E-state index in [-0.39, 0.29) is 12.0 Å². The normalized spacial score (nSPS) is 22.5. The monoisotopic (exact) mass is 410 g/mol. The van der Waals surface area contributed by atoms with Crippen molar-refractivity contribution in [1.82, 2.24) is 15.1 Å². The molecule has 2 saturated heterocycles. The summed E-state index contributed by atoms with van der Waals surface area (Å²) in [5.74, 6) is -0.379. The first-order valence-electron chi connectivity index (χ1n) is 10.8. The number of β-amino-alcohol motifs (C(OH)–C–C–N with tert-alkyl or cyclic N) is 1. The molecule has 0 aromatic heterocycles. The van der Waals surface area contributed by atoms with Crippen LogP contribution >= 0.6 is 0 Å². The Bertz CT molecular complexity index is 765. The van der Waals surface area contributed by atoms with E-state index < -0.39 is 0 Å². The highest BCUT2D eigenvalue weighted by molar-refractivity contribution is 5.92. The van der Waals surface area contributed by atoms with E-state index in [1.54, 1.807) is 24.3 Å². The quantitative estimate of drug-likeness (QED) is 0.677. The van der Waals surface area contributed by atoms with Crippen molar-refractivity contribution in [3.63, 3.8) is 0 Å². The summed E-state index contributed by atoms with van der Waals surface area (Å²) in [6.45, 7) is 5.05. The van der Waals surface area contributed by atoms with Gasteiger partial charge in [0.2, 0.25) is 5.91 Å². The van der Waals surface area contributed by atoms with Crippen molar-refractivity contribution < 1.29 is 9.90 Å². The number of hydrogen-bond donors (Lipinski definition) is 3. The number of aliphatic hydroxyl groups is 1. The van der Waals surface area contributed by atoms with Crippen molar-refractivity contribution in [2.24, 2.45) is 5.73 Å². The molecule has 4 N–H and O–H groups in total. The van der Waals surface area contributed by atoms with E-state index in [0.29, 0.717) is 17.6 Å². The predicted octanol–water partition coefficient (Wildman–Crippen LogP) is 1.87. The topological polar surface area (TPSA) is 81.8 Å². The lowest BCUT2D eigenvalue weighted by molar-refractivity contribution is 0.1000. The van der Waals surface area contributed by atoms with Gasteiger partial charge in [0.25, 0.3) is 0 Å². The lowest BCUT2D eigenvalue weighted by Gasteiger charge is -2.35. The lowest BCUT2D eigenvalue weighted by Crippen LogP contribution is -2.42. The Balaban J connectivity index is 0.000000239. The molecule has 2 aromatic rings. The molecule has 0 saturated carbocycles. The summed E-state index contributed by atoms with van der Waals surface area (Å²) in [6, 6.07) is 20.6.